The van der Waals surface area contributed by atoms with Gasteiger partial charge in [-0.1, -0.05) is 62.9 Å². The highest BCUT2D eigenvalue weighted by Crippen LogP contribution is 2.25. The Balaban J connectivity index is 2.74. The van der Waals surface area contributed by atoms with Gasteiger partial charge in [-0.05, 0) is 13.3 Å². The van der Waals surface area contributed by atoms with E-state index in [2.05, 4.69) is 6.92 Å². The summed E-state index contributed by atoms with van der Waals surface area (Å²) in [5.41, 5.74) is 6.70. The Labute approximate surface area is 128 Å². The van der Waals surface area contributed by atoms with Crippen molar-refractivity contribution in [3.8, 4) is 0 Å². The summed E-state index contributed by atoms with van der Waals surface area (Å²) in [5, 5.41) is 0. The maximum atomic E-state index is 12.2. The fraction of sp³-hybridized carbons (Fsp3) is 0.500. The van der Waals surface area contributed by atoms with Gasteiger partial charge in [-0.3, -0.25) is 4.79 Å². The van der Waals surface area contributed by atoms with Crippen LogP contribution in [0.5, 0.6) is 0 Å². The van der Waals surface area contributed by atoms with Gasteiger partial charge in [0, 0.05) is 24.4 Å². The number of rotatable bonds is 9. The Morgan fingerprint density at radius 1 is 1.24 bits per heavy atom. The number of carbonyl (C=O) groups excluding carboxylic acids is 1. The molecular formula is C18H27NO2. The first-order valence-corrected chi connectivity index (χ1v) is 7.65. The molecule has 0 saturated heterocycles. The maximum Gasteiger partial charge on any atom is 0.187 e. The van der Waals surface area contributed by atoms with Crippen molar-refractivity contribution < 1.29 is 9.53 Å². The Morgan fingerprint density at radius 3 is 2.48 bits per heavy atom. The highest BCUT2D eigenvalue weighted by molar-refractivity contribution is 6.04. The number of unbranched alkanes of at least 4 members (excludes halogenated alkanes) is 3. The van der Waals surface area contributed by atoms with E-state index in [9.17, 15) is 4.79 Å². The number of benzene rings is 1. The van der Waals surface area contributed by atoms with Crippen molar-refractivity contribution in [2.75, 3.05) is 7.11 Å². The van der Waals surface area contributed by atoms with Gasteiger partial charge in [-0.15, -0.1) is 0 Å². The molecule has 1 aromatic rings. The normalized spacial score (nSPS) is 14.7. The number of methoxy groups -OCH3 is 1. The van der Waals surface area contributed by atoms with Crippen LogP contribution in [-0.4, -0.2) is 18.5 Å². The number of hydrogen-bond donors (Lipinski definition) is 1. The number of hydrogen-bond acceptors (Lipinski definition) is 3. The number of nitrogens with two attached hydrogens (primary N) is 1. The third-order valence-electron chi connectivity index (χ3n) is 3.91. The molecule has 0 radical (unpaired) electrons. The van der Waals surface area contributed by atoms with Crippen LogP contribution in [0.2, 0.25) is 0 Å². The van der Waals surface area contributed by atoms with Crippen LogP contribution in [0.25, 0.3) is 0 Å². The molecule has 1 atom stereocenters. The van der Waals surface area contributed by atoms with Crippen molar-refractivity contribution in [2.24, 2.45) is 5.73 Å². The van der Waals surface area contributed by atoms with E-state index in [-0.39, 0.29) is 5.78 Å². The average Bonchev–Trinajstić information content (AvgIpc) is 2.52. The molecule has 1 rings (SSSR count). The minimum absolute atomic E-state index is 0.0788. The lowest BCUT2D eigenvalue weighted by atomic mass is 9.93. The smallest absolute Gasteiger partial charge is 0.187 e. The topological polar surface area (TPSA) is 52.3 Å². The lowest BCUT2D eigenvalue weighted by Crippen LogP contribution is -2.34. The van der Waals surface area contributed by atoms with Gasteiger partial charge in [0.1, 0.15) is 5.60 Å². The molecule has 0 saturated carbocycles. The van der Waals surface area contributed by atoms with Gasteiger partial charge in [-0.2, -0.15) is 0 Å². The molecule has 1 unspecified atom stereocenters. The lowest BCUT2D eigenvalue weighted by Gasteiger charge is -2.28. The SMILES string of the molecule is CCCCCCC(C)(OC)C(N)=CC(=O)c1ccccc1. The van der Waals surface area contributed by atoms with Crippen LogP contribution in [0, 0.1) is 0 Å². The van der Waals surface area contributed by atoms with Crippen molar-refractivity contribution in [2.45, 2.75) is 51.6 Å². The molecule has 3 nitrogen and oxygen atoms in total. The highest BCUT2D eigenvalue weighted by atomic mass is 16.5. The van der Waals surface area contributed by atoms with Crippen LogP contribution in [0.1, 0.15) is 56.3 Å². The quantitative estimate of drug-likeness (QED) is 0.423. The first-order chi connectivity index (χ1) is 10.0. The molecule has 116 valence electrons. The molecule has 0 bridgehead atoms. The van der Waals surface area contributed by atoms with Crippen molar-refractivity contribution >= 4 is 5.78 Å². The zero-order valence-electron chi connectivity index (χ0n) is 13.4. The average molecular weight is 289 g/mol. The molecule has 0 aromatic heterocycles. The fourth-order valence-corrected chi connectivity index (χ4v) is 2.23. The van der Waals surface area contributed by atoms with Gasteiger partial charge in [0.15, 0.2) is 5.78 Å². The van der Waals surface area contributed by atoms with Gasteiger partial charge < -0.3 is 10.5 Å². The molecule has 0 aliphatic heterocycles. The number of allylic oxidation sites excluding steroid dienone is 1. The second-order valence-electron chi connectivity index (χ2n) is 5.58. The van der Waals surface area contributed by atoms with E-state index in [1.807, 2.05) is 25.1 Å². The minimum Gasteiger partial charge on any atom is -0.400 e. The van der Waals surface area contributed by atoms with E-state index in [1.165, 1.54) is 18.9 Å². The Hall–Kier alpha value is -1.61. The maximum absolute atomic E-state index is 12.2. The Bertz CT molecular complexity index is 467. The Kier molecular flexibility index (Phi) is 7.17. The van der Waals surface area contributed by atoms with Crippen LogP contribution < -0.4 is 5.73 Å². The third-order valence-corrected chi connectivity index (χ3v) is 3.91. The van der Waals surface area contributed by atoms with E-state index in [1.54, 1.807) is 19.2 Å². The van der Waals surface area contributed by atoms with Gasteiger partial charge in [0.2, 0.25) is 0 Å². The standard InChI is InChI=1S/C18H27NO2/c1-4-5-6-10-13-18(2,21-3)17(19)14-16(20)15-11-8-7-9-12-15/h7-9,11-12,14H,4-6,10,13,19H2,1-3H3. The zero-order chi connectivity index (χ0) is 15.7. The molecule has 1 aromatic carbocycles. The molecular weight excluding hydrogens is 262 g/mol. The summed E-state index contributed by atoms with van der Waals surface area (Å²) in [5.74, 6) is -0.0788. The largest absolute Gasteiger partial charge is 0.400 e. The molecule has 0 fully saturated rings. The minimum atomic E-state index is -0.571. The summed E-state index contributed by atoms with van der Waals surface area (Å²) in [7, 11) is 1.65. The van der Waals surface area contributed by atoms with E-state index >= 15 is 0 Å². The van der Waals surface area contributed by atoms with Crippen molar-refractivity contribution in [3.05, 3.63) is 47.7 Å². The van der Waals surface area contributed by atoms with Crippen LogP contribution in [0.3, 0.4) is 0 Å². The molecule has 0 aliphatic rings. The van der Waals surface area contributed by atoms with Crippen molar-refractivity contribution in [1.82, 2.24) is 0 Å². The predicted molar refractivity (Wildman–Crippen MR) is 87.2 cm³/mol. The van der Waals surface area contributed by atoms with Crippen molar-refractivity contribution in [1.29, 1.82) is 0 Å². The molecule has 0 aliphatic carbocycles. The molecule has 21 heavy (non-hydrogen) atoms. The highest BCUT2D eigenvalue weighted by Gasteiger charge is 2.27. The Morgan fingerprint density at radius 2 is 1.90 bits per heavy atom. The monoisotopic (exact) mass is 289 g/mol. The van der Waals surface area contributed by atoms with Gasteiger partial charge >= 0.3 is 0 Å². The molecule has 3 heteroatoms. The summed E-state index contributed by atoms with van der Waals surface area (Å²) in [6.45, 7) is 4.13. The summed E-state index contributed by atoms with van der Waals surface area (Å²) in [4.78, 5) is 12.2. The first kappa shape index (κ1) is 17.4. The fourth-order valence-electron chi connectivity index (χ4n) is 2.23. The van der Waals surface area contributed by atoms with Gasteiger partial charge in [0.05, 0.1) is 0 Å². The second kappa shape index (κ2) is 8.63. The summed E-state index contributed by atoms with van der Waals surface area (Å²) in [6.07, 6.45) is 6.95. The van der Waals surface area contributed by atoms with Crippen LogP contribution in [-0.2, 0) is 4.74 Å². The molecule has 2 N–H and O–H groups in total. The number of carbonyl (C=O) groups is 1. The first-order valence-electron chi connectivity index (χ1n) is 7.65. The van der Waals surface area contributed by atoms with Crippen LogP contribution >= 0.6 is 0 Å². The summed E-state index contributed by atoms with van der Waals surface area (Å²) in [6, 6.07) is 9.15. The number of ketones is 1. The number of ether oxygens (including phenoxy) is 1. The lowest BCUT2D eigenvalue weighted by molar-refractivity contribution is 0.0272. The van der Waals surface area contributed by atoms with Gasteiger partial charge in [0.25, 0.3) is 0 Å². The third kappa shape index (κ3) is 5.35. The molecule has 0 heterocycles. The van der Waals surface area contributed by atoms with E-state index < -0.39 is 5.60 Å². The van der Waals surface area contributed by atoms with Crippen LogP contribution in [0.15, 0.2) is 42.1 Å². The van der Waals surface area contributed by atoms with Gasteiger partial charge in [-0.25, -0.2) is 0 Å². The zero-order valence-corrected chi connectivity index (χ0v) is 13.4. The molecule has 0 amide bonds. The predicted octanol–water partition coefficient (Wildman–Crippen LogP) is 4.09. The summed E-state index contributed by atoms with van der Waals surface area (Å²) < 4.78 is 5.57. The second-order valence-corrected chi connectivity index (χ2v) is 5.58. The van der Waals surface area contributed by atoms with Crippen molar-refractivity contribution in [3.63, 3.8) is 0 Å². The molecule has 0 spiro atoms. The summed E-state index contributed by atoms with van der Waals surface area (Å²) >= 11 is 0. The van der Waals surface area contributed by atoms with E-state index in [0.29, 0.717) is 11.3 Å². The van der Waals surface area contributed by atoms with E-state index in [0.717, 1.165) is 19.3 Å². The van der Waals surface area contributed by atoms with E-state index in [4.69, 9.17) is 10.5 Å². The van der Waals surface area contributed by atoms with Crippen LogP contribution in [0.4, 0.5) is 0 Å².